The second-order valence-electron chi connectivity index (χ2n) is 4.55. The summed E-state index contributed by atoms with van der Waals surface area (Å²) in [6.45, 7) is 11.1. The average molecular weight is 204 g/mol. The van der Waals surface area contributed by atoms with Gasteiger partial charge in [-0.1, -0.05) is 51.6 Å². The molecule has 0 atom stereocenters. The van der Waals surface area contributed by atoms with Crippen LogP contribution in [0.3, 0.4) is 0 Å². The van der Waals surface area contributed by atoms with Crippen molar-refractivity contribution in [1.82, 2.24) is 0 Å². The second-order valence-corrected chi connectivity index (χ2v) is 4.55. The fraction of sp³-hybridized carbons (Fsp3) is 0.429. The van der Waals surface area contributed by atoms with Gasteiger partial charge in [0.15, 0.2) is 0 Å². The maximum absolute atomic E-state index is 5.81. The number of rotatable bonds is 5. The first kappa shape index (κ1) is 11.8. The van der Waals surface area contributed by atoms with Crippen molar-refractivity contribution in [3.63, 3.8) is 0 Å². The molecule has 82 valence electrons. The van der Waals surface area contributed by atoms with Gasteiger partial charge in [0.25, 0.3) is 0 Å². The summed E-state index contributed by atoms with van der Waals surface area (Å²) in [6, 6.07) is 7.99. The minimum absolute atomic E-state index is 0.230. The third-order valence-electron chi connectivity index (χ3n) is 2.71. The summed E-state index contributed by atoms with van der Waals surface area (Å²) in [5, 5.41) is 0. The van der Waals surface area contributed by atoms with Crippen molar-refractivity contribution in [3.05, 3.63) is 36.4 Å². The van der Waals surface area contributed by atoms with E-state index in [0.717, 1.165) is 24.3 Å². The summed E-state index contributed by atoms with van der Waals surface area (Å²) in [5.41, 5.74) is 1.29. The van der Waals surface area contributed by atoms with Crippen molar-refractivity contribution >= 4 is 6.08 Å². The molecule has 0 saturated heterocycles. The van der Waals surface area contributed by atoms with Gasteiger partial charge in [0.1, 0.15) is 5.75 Å². The molecule has 1 rings (SSSR count). The third kappa shape index (κ3) is 3.43. The van der Waals surface area contributed by atoms with Crippen molar-refractivity contribution in [2.45, 2.75) is 27.2 Å². The molecule has 0 aliphatic heterocycles. The standard InChI is InChI=1S/C14H20O/c1-5-12-9-7-8-10-13(12)15-11-14(3,4)6-2/h5,7-10H,1,6,11H2,2-4H3. The Labute approximate surface area is 92.8 Å². The molecule has 0 N–H and O–H groups in total. The highest BCUT2D eigenvalue weighted by molar-refractivity contribution is 5.55. The van der Waals surface area contributed by atoms with E-state index in [-0.39, 0.29) is 5.41 Å². The molecular formula is C14H20O. The van der Waals surface area contributed by atoms with Crippen LogP contribution in [0.25, 0.3) is 6.08 Å². The second kappa shape index (κ2) is 5.01. The largest absolute Gasteiger partial charge is 0.492 e. The Hall–Kier alpha value is -1.24. The van der Waals surface area contributed by atoms with Crippen LogP contribution in [-0.4, -0.2) is 6.61 Å². The van der Waals surface area contributed by atoms with Gasteiger partial charge in [0.2, 0.25) is 0 Å². The molecule has 0 saturated carbocycles. The van der Waals surface area contributed by atoms with Crippen LogP contribution < -0.4 is 4.74 Å². The van der Waals surface area contributed by atoms with E-state index in [9.17, 15) is 0 Å². The molecule has 0 aliphatic carbocycles. The zero-order chi connectivity index (χ0) is 11.3. The summed E-state index contributed by atoms with van der Waals surface area (Å²) < 4.78 is 5.81. The minimum Gasteiger partial charge on any atom is -0.492 e. The molecule has 0 radical (unpaired) electrons. The van der Waals surface area contributed by atoms with Crippen molar-refractivity contribution in [3.8, 4) is 5.75 Å². The molecule has 0 fully saturated rings. The van der Waals surface area contributed by atoms with Gasteiger partial charge in [-0.15, -0.1) is 0 Å². The highest BCUT2D eigenvalue weighted by atomic mass is 16.5. The Bertz CT molecular complexity index is 326. The summed E-state index contributed by atoms with van der Waals surface area (Å²) in [4.78, 5) is 0. The van der Waals surface area contributed by atoms with E-state index >= 15 is 0 Å². The lowest BCUT2D eigenvalue weighted by atomic mass is 9.92. The zero-order valence-corrected chi connectivity index (χ0v) is 9.92. The van der Waals surface area contributed by atoms with Gasteiger partial charge in [0.05, 0.1) is 6.61 Å². The van der Waals surface area contributed by atoms with E-state index in [4.69, 9.17) is 4.74 Å². The summed E-state index contributed by atoms with van der Waals surface area (Å²) >= 11 is 0. The van der Waals surface area contributed by atoms with Gasteiger partial charge in [-0.05, 0) is 17.9 Å². The number of para-hydroxylation sites is 1. The van der Waals surface area contributed by atoms with E-state index in [2.05, 4.69) is 27.4 Å². The normalized spacial score (nSPS) is 11.1. The predicted molar refractivity (Wildman–Crippen MR) is 66.1 cm³/mol. The van der Waals surface area contributed by atoms with Crippen molar-refractivity contribution < 1.29 is 4.74 Å². The predicted octanol–water partition coefficient (Wildman–Crippen LogP) is 4.14. The number of hydrogen-bond acceptors (Lipinski definition) is 1. The zero-order valence-electron chi connectivity index (χ0n) is 9.92. The molecular weight excluding hydrogens is 184 g/mol. The van der Waals surface area contributed by atoms with Gasteiger partial charge in [-0.2, -0.15) is 0 Å². The lowest BCUT2D eigenvalue weighted by Crippen LogP contribution is -2.20. The van der Waals surface area contributed by atoms with Gasteiger partial charge >= 0.3 is 0 Å². The Kier molecular flexibility index (Phi) is 3.96. The van der Waals surface area contributed by atoms with E-state index in [0.29, 0.717) is 0 Å². The summed E-state index contributed by atoms with van der Waals surface area (Å²) in [6.07, 6.45) is 2.94. The monoisotopic (exact) mass is 204 g/mol. The molecule has 0 bridgehead atoms. The lowest BCUT2D eigenvalue weighted by Gasteiger charge is -2.23. The fourth-order valence-corrected chi connectivity index (χ4v) is 1.16. The molecule has 1 heteroatoms. The molecule has 0 amide bonds. The van der Waals surface area contributed by atoms with Crippen molar-refractivity contribution in [1.29, 1.82) is 0 Å². The van der Waals surface area contributed by atoms with Gasteiger partial charge in [-0.25, -0.2) is 0 Å². The first-order chi connectivity index (χ1) is 7.09. The van der Waals surface area contributed by atoms with Gasteiger partial charge in [-0.3, -0.25) is 0 Å². The van der Waals surface area contributed by atoms with Crippen molar-refractivity contribution in [2.24, 2.45) is 5.41 Å². The minimum atomic E-state index is 0.230. The van der Waals surface area contributed by atoms with E-state index < -0.39 is 0 Å². The van der Waals surface area contributed by atoms with Crippen LogP contribution in [0.1, 0.15) is 32.8 Å². The molecule has 0 aromatic heterocycles. The van der Waals surface area contributed by atoms with E-state index in [1.165, 1.54) is 0 Å². The number of benzene rings is 1. The first-order valence-corrected chi connectivity index (χ1v) is 5.43. The Morgan fingerprint density at radius 1 is 1.33 bits per heavy atom. The molecule has 0 unspecified atom stereocenters. The lowest BCUT2D eigenvalue weighted by molar-refractivity contribution is 0.175. The topological polar surface area (TPSA) is 9.23 Å². The maximum atomic E-state index is 5.81. The molecule has 0 aliphatic rings. The maximum Gasteiger partial charge on any atom is 0.126 e. The van der Waals surface area contributed by atoms with Crippen LogP contribution in [0.15, 0.2) is 30.8 Å². The van der Waals surface area contributed by atoms with Crippen LogP contribution >= 0.6 is 0 Å². The Balaban J connectivity index is 2.69. The summed E-state index contributed by atoms with van der Waals surface area (Å²) in [5.74, 6) is 0.925. The molecule has 0 heterocycles. The quantitative estimate of drug-likeness (QED) is 0.700. The average Bonchev–Trinajstić information content (AvgIpc) is 2.27. The summed E-state index contributed by atoms with van der Waals surface area (Å²) in [7, 11) is 0. The van der Waals surface area contributed by atoms with E-state index in [1.807, 2.05) is 30.3 Å². The third-order valence-corrected chi connectivity index (χ3v) is 2.71. The van der Waals surface area contributed by atoms with E-state index in [1.54, 1.807) is 0 Å². The van der Waals surface area contributed by atoms with Crippen LogP contribution in [0, 0.1) is 5.41 Å². The fourth-order valence-electron chi connectivity index (χ4n) is 1.16. The molecule has 15 heavy (non-hydrogen) atoms. The highest BCUT2D eigenvalue weighted by Crippen LogP contribution is 2.24. The molecule has 1 aromatic carbocycles. The van der Waals surface area contributed by atoms with Gasteiger partial charge in [0, 0.05) is 5.56 Å². The molecule has 1 nitrogen and oxygen atoms in total. The highest BCUT2D eigenvalue weighted by Gasteiger charge is 2.16. The van der Waals surface area contributed by atoms with Crippen LogP contribution in [0.5, 0.6) is 5.75 Å². The van der Waals surface area contributed by atoms with Crippen LogP contribution in [-0.2, 0) is 0 Å². The molecule has 1 aromatic rings. The Morgan fingerprint density at radius 3 is 2.60 bits per heavy atom. The smallest absolute Gasteiger partial charge is 0.126 e. The first-order valence-electron chi connectivity index (χ1n) is 5.43. The number of ether oxygens (including phenoxy) is 1. The van der Waals surface area contributed by atoms with Crippen LogP contribution in [0.2, 0.25) is 0 Å². The SMILES string of the molecule is C=Cc1ccccc1OCC(C)(C)CC. The van der Waals surface area contributed by atoms with Crippen LogP contribution in [0.4, 0.5) is 0 Å². The Morgan fingerprint density at radius 2 is 2.00 bits per heavy atom. The van der Waals surface area contributed by atoms with Crippen molar-refractivity contribution in [2.75, 3.05) is 6.61 Å². The van der Waals surface area contributed by atoms with Gasteiger partial charge < -0.3 is 4.74 Å². The number of hydrogen-bond donors (Lipinski definition) is 0. The molecule has 0 spiro atoms.